The third kappa shape index (κ3) is 8.95. The van der Waals surface area contributed by atoms with Crippen LogP contribution in [0.15, 0.2) is 34.3 Å². The van der Waals surface area contributed by atoms with E-state index < -0.39 is 6.61 Å². The molecule has 2 aromatic rings. The van der Waals surface area contributed by atoms with Gasteiger partial charge in [0.15, 0.2) is 5.16 Å². The van der Waals surface area contributed by atoms with Crippen LogP contribution in [-0.4, -0.2) is 79.3 Å². The minimum absolute atomic E-state index is 0.245. The van der Waals surface area contributed by atoms with Gasteiger partial charge in [-0.15, -0.1) is 11.8 Å². The quantitative estimate of drug-likeness (QED) is 0.317. The fourth-order valence-corrected chi connectivity index (χ4v) is 3.68. The Morgan fingerprint density at radius 1 is 0.972 bits per heavy atom. The Labute approximate surface area is 219 Å². The van der Waals surface area contributed by atoms with Crippen LogP contribution in [0.1, 0.15) is 47.1 Å². The Morgan fingerprint density at radius 3 is 2.03 bits per heavy atom. The topological polar surface area (TPSA) is 138 Å². The van der Waals surface area contributed by atoms with Crippen LogP contribution in [0.2, 0.25) is 0 Å². The van der Waals surface area contributed by atoms with E-state index in [2.05, 4.69) is 15.0 Å². The number of carbonyl (C=O) groups is 3. The summed E-state index contributed by atoms with van der Waals surface area (Å²) in [4.78, 5) is 45.4. The number of hydrogen-bond donors (Lipinski definition) is 1. The average Bonchev–Trinajstić information content (AvgIpc) is 3.59. The lowest BCUT2D eigenvalue weighted by atomic mass is 10.2. The number of aliphatic hydroxyl groups excluding tert-OH is 1. The van der Waals surface area contributed by atoms with Crippen LogP contribution in [0.3, 0.4) is 0 Å². The molecular formula is C23H33N5O6S2. The minimum Gasteiger partial charge on any atom is -0.463 e. The zero-order valence-corrected chi connectivity index (χ0v) is 23.2. The number of carbonyl (C=O) groups excluding carboxylic acids is 3. The predicted molar refractivity (Wildman–Crippen MR) is 141 cm³/mol. The second-order valence-corrected chi connectivity index (χ2v) is 8.67. The molecule has 0 saturated carbocycles. The molecule has 2 aromatic heterocycles. The molecule has 1 aliphatic heterocycles. The molecule has 1 N–H and O–H groups in total. The van der Waals surface area contributed by atoms with Gasteiger partial charge in [-0.05, 0) is 33.3 Å². The molecule has 0 saturated heterocycles. The van der Waals surface area contributed by atoms with E-state index in [0.29, 0.717) is 36.6 Å². The van der Waals surface area contributed by atoms with Crippen LogP contribution in [-0.2, 0) is 28.4 Å². The van der Waals surface area contributed by atoms with Gasteiger partial charge in [0.2, 0.25) is 5.78 Å². The van der Waals surface area contributed by atoms with Crippen molar-refractivity contribution in [3.63, 3.8) is 0 Å². The van der Waals surface area contributed by atoms with Crippen molar-refractivity contribution in [2.24, 2.45) is 19.1 Å². The summed E-state index contributed by atoms with van der Waals surface area (Å²) in [5, 5.41) is 10.3. The van der Waals surface area contributed by atoms with Crippen molar-refractivity contribution in [3.8, 4) is 0 Å². The summed E-state index contributed by atoms with van der Waals surface area (Å²) in [6.07, 6.45) is 9.07. The Bertz CT molecular complexity index is 1110. The van der Waals surface area contributed by atoms with Crippen molar-refractivity contribution < 1.29 is 29.0 Å². The van der Waals surface area contributed by atoms with Gasteiger partial charge in [-0.2, -0.15) is 0 Å². The van der Waals surface area contributed by atoms with Crippen LogP contribution in [0.25, 0.3) is 0 Å². The van der Waals surface area contributed by atoms with Crippen molar-refractivity contribution in [1.29, 1.82) is 0 Å². The molecule has 3 rings (SSSR count). The summed E-state index contributed by atoms with van der Waals surface area (Å²) in [6, 6.07) is 0. The number of ether oxygens (including phenoxy) is 2. The zero-order valence-electron chi connectivity index (χ0n) is 21.6. The minimum atomic E-state index is -0.459. The molecule has 1 aliphatic rings. The number of hydrogen-bond acceptors (Lipinski definition) is 11. The molecule has 0 aliphatic carbocycles. The lowest BCUT2D eigenvalue weighted by Gasteiger charge is -2.02. The molecule has 0 aromatic carbocycles. The monoisotopic (exact) mass is 539 g/mol. The van der Waals surface area contributed by atoms with E-state index >= 15 is 0 Å². The molecule has 0 fully saturated rings. The first-order valence-corrected chi connectivity index (χ1v) is 13.4. The number of esters is 2. The number of thioether (sulfide) groups is 2. The zero-order chi connectivity index (χ0) is 27.3. The third-order valence-corrected chi connectivity index (χ3v) is 6.21. The van der Waals surface area contributed by atoms with Crippen molar-refractivity contribution >= 4 is 46.3 Å². The molecule has 0 unspecified atom stereocenters. The number of aryl methyl sites for hydroxylation is 1. The van der Waals surface area contributed by atoms with Gasteiger partial charge in [-0.3, -0.25) is 9.79 Å². The molecule has 0 radical (unpaired) electrons. The number of imidazole rings is 2. The molecule has 0 amide bonds. The molecular weight excluding hydrogens is 506 g/mol. The second kappa shape index (κ2) is 16.0. The van der Waals surface area contributed by atoms with Gasteiger partial charge < -0.3 is 23.7 Å². The van der Waals surface area contributed by atoms with Crippen LogP contribution >= 0.6 is 23.5 Å². The molecule has 0 bridgehead atoms. The van der Waals surface area contributed by atoms with Gasteiger partial charge in [0.1, 0.15) is 23.8 Å². The first-order valence-electron chi connectivity index (χ1n) is 11.0. The summed E-state index contributed by atoms with van der Waals surface area (Å²) in [5.41, 5.74) is 1.59. The highest BCUT2D eigenvalue weighted by Gasteiger charge is 2.17. The van der Waals surface area contributed by atoms with E-state index in [9.17, 15) is 14.4 Å². The largest absolute Gasteiger partial charge is 0.463 e. The number of aromatic nitrogens is 4. The van der Waals surface area contributed by atoms with Crippen LogP contribution < -0.4 is 0 Å². The van der Waals surface area contributed by atoms with Gasteiger partial charge in [0.05, 0.1) is 36.2 Å². The first kappa shape index (κ1) is 31.1. The van der Waals surface area contributed by atoms with E-state index in [0.717, 1.165) is 16.0 Å². The number of aliphatic hydroxyl groups is 1. The molecule has 0 atom stereocenters. The summed E-state index contributed by atoms with van der Waals surface area (Å²) in [7, 11) is 3.54. The van der Waals surface area contributed by atoms with E-state index in [-0.39, 0.29) is 17.7 Å². The highest BCUT2D eigenvalue weighted by atomic mass is 32.2. The molecule has 198 valence electrons. The van der Waals surface area contributed by atoms with E-state index in [4.69, 9.17) is 14.6 Å². The highest BCUT2D eigenvalue weighted by molar-refractivity contribution is 8.13. The molecule has 0 spiro atoms. The standard InChI is InChI=1S/C8H12N2O2S.C8H11NO2S.C7H10N2O2/c1-4-12-7(11)6-5-9-8(13-3)10(6)2;1-3-11-8(10)6-4-7(12-2)9-5-6;1-5-8-3-6(9(5)2)7(11)4-10/h5H,4H2,1-3H3;5H,3-4H2,1-2H3;3,10H,4H2,1-2H3. The molecule has 3 heterocycles. The maximum absolute atomic E-state index is 11.3. The highest BCUT2D eigenvalue weighted by Crippen LogP contribution is 2.18. The van der Waals surface area contributed by atoms with Gasteiger partial charge >= 0.3 is 11.9 Å². The number of Topliss-reactive ketones (excluding diaryl/α,β-unsaturated/α-hetero) is 1. The predicted octanol–water partition coefficient (Wildman–Crippen LogP) is 2.82. The average molecular weight is 540 g/mol. The van der Waals surface area contributed by atoms with Crippen molar-refractivity contribution in [3.05, 3.63) is 41.4 Å². The van der Waals surface area contributed by atoms with Crippen molar-refractivity contribution in [2.45, 2.75) is 32.3 Å². The van der Waals surface area contributed by atoms with Crippen LogP contribution in [0.4, 0.5) is 0 Å². The molecule has 36 heavy (non-hydrogen) atoms. The summed E-state index contributed by atoms with van der Waals surface area (Å²) >= 11 is 3.06. The smallest absolute Gasteiger partial charge is 0.356 e. The van der Waals surface area contributed by atoms with Crippen LogP contribution in [0, 0.1) is 6.92 Å². The van der Waals surface area contributed by atoms with Gasteiger partial charge in [-0.1, -0.05) is 11.8 Å². The number of nitrogens with zero attached hydrogens (tertiary/aromatic N) is 5. The normalized spacial score (nSPS) is 11.9. The Kier molecular flexibility index (Phi) is 13.8. The fraction of sp³-hybridized carbons (Fsp3) is 0.478. The van der Waals surface area contributed by atoms with Gasteiger partial charge in [-0.25, -0.2) is 19.6 Å². The van der Waals surface area contributed by atoms with Crippen LogP contribution in [0.5, 0.6) is 0 Å². The summed E-state index contributed by atoms with van der Waals surface area (Å²) in [6.45, 7) is 5.73. The van der Waals surface area contributed by atoms with Crippen molar-refractivity contribution in [2.75, 3.05) is 32.3 Å². The number of ketones is 1. The van der Waals surface area contributed by atoms with E-state index in [1.54, 1.807) is 62.0 Å². The Morgan fingerprint density at radius 2 is 1.58 bits per heavy atom. The molecule has 13 heteroatoms. The van der Waals surface area contributed by atoms with Crippen molar-refractivity contribution in [1.82, 2.24) is 19.1 Å². The fourth-order valence-electron chi connectivity index (χ4n) is 2.70. The SMILES string of the molecule is CCOC(=O)C1=CN=C(SC)C1.CCOC(=O)c1cnc(SC)n1C.Cc1ncc(C(=O)CO)n1C. The number of rotatable bonds is 7. The summed E-state index contributed by atoms with van der Waals surface area (Å²) in [5.74, 6) is -0.0991. The lowest BCUT2D eigenvalue weighted by molar-refractivity contribution is -0.138. The number of aliphatic imine (C=N–C) groups is 1. The van der Waals surface area contributed by atoms with E-state index in [1.165, 1.54) is 24.2 Å². The second-order valence-electron chi connectivity index (χ2n) is 7.02. The lowest BCUT2D eigenvalue weighted by Crippen LogP contribution is -2.10. The third-order valence-electron chi connectivity index (χ3n) is 4.74. The van der Waals surface area contributed by atoms with Gasteiger partial charge in [0.25, 0.3) is 0 Å². The van der Waals surface area contributed by atoms with Gasteiger partial charge in [0, 0.05) is 26.7 Å². The maximum atomic E-state index is 11.3. The Balaban J connectivity index is 0.000000271. The first-order chi connectivity index (χ1) is 17.1. The molecule has 11 nitrogen and oxygen atoms in total. The Hall–Kier alpha value is -2.90. The summed E-state index contributed by atoms with van der Waals surface area (Å²) < 4.78 is 13.1. The van der Waals surface area contributed by atoms with E-state index in [1.807, 2.05) is 12.5 Å². The maximum Gasteiger partial charge on any atom is 0.356 e.